The van der Waals surface area contributed by atoms with Crippen molar-refractivity contribution in [3.63, 3.8) is 0 Å². The van der Waals surface area contributed by atoms with Gasteiger partial charge >= 0.3 is 18.0 Å². The van der Waals surface area contributed by atoms with Gasteiger partial charge in [-0.15, -0.1) is 0 Å². The van der Waals surface area contributed by atoms with Gasteiger partial charge in [-0.25, -0.2) is 9.59 Å². The fraction of sp³-hybridized carbons (Fsp3) is 0.727. The molecule has 110 valence electrons. The third-order valence-corrected chi connectivity index (χ3v) is 2.30. The van der Waals surface area contributed by atoms with Crippen molar-refractivity contribution in [3.05, 3.63) is 0 Å². The highest BCUT2D eigenvalue weighted by molar-refractivity contribution is 5.82. The predicted molar refractivity (Wildman–Crippen MR) is 65.9 cm³/mol. The van der Waals surface area contributed by atoms with Crippen molar-refractivity contribution < 1.29 is 29.3 Å². The molecule has 0 aliphatic rings. The molecule has 0 rings (SSSR count). The van der Waals surface area contributed by atoms with Gasteiger partial charge in [-0.05, 0) is 19.3 Å². The number of carboxylic acid groups (broad SMARTS) is 2. The first-order valence-electron chi connectivity index (χ1n) is 5.95. The molecule has 0 saturated carbocycles. The van der Waals surface area contributed by atoms with Crippen molar-refractivity contribution >= 4 is 18.0 Å². The smallest absolute Gasteiger partial charge is 0.326 e. The fourth-order valence-electron chi connectivity index (χ4n) is 1.34. The Morgan fingerprint density at radius 3 is 2.42 bits per heavy atom. The van der Waals surface area contributed by atoms with Gasteiger partial charge in [0.05, 0.1) is 0 Å². The molecule has 0 radical (unpaired) electrons. The summed E-state index contributed by atoms with van der Waals surface area (Å²) in [6, 6.07) is -1.67. The molecule has 8 nitrogen and oxygen atoms in total. The first-order valence-corrected chi connectivity index (χ1v) is 5.95. The Hall–Kier alpha value is -1.83. The van der Waals surface area contributed by atoms with E-state index in [-0.39, 0.29) is 19.3 Å². The molecular weight excluding hydrogens is 256 g/mol. The van der Waals surface area contributed by atoms with E-state index in [4.69, 9.17) is 14.9 Å². The van der Waals surface area contributed by atoms with Crippen LogP contribution in [0.5, 0.6) is 0 Å². The van der Waals surface area contributed by atoms with Gasteiger partial charge in [0.25, 0.3) is 0 Å². The normalized spacial score (nSPS) is 11.6. The van der Waals surface area contributed by atoms with E-state index in [1.807, 2.05) is 0 Å². The summed E-state index contributed by atoms with van der Waals surface area (Å²) < 4.78 is 4.80. The molecule has 0 saturated heterocycles. The molecule has 19 heavy (non-hydrogen) atoms. The van der Waals surface area contributed by atoms with Gasteiger partial charge in [0.15, 0.2) is 0 Å². The van der Waals surface area contributed by atoms with Gasteiger partial charge in [0, 0.05) is 26.7 Å². The lowest BCUT2D eigenvalue weighted by Gasteiger charge is -2.14. The number of nitrogens with one attached hydrogen (secondary N) is 2. The fourth-order valence-corrected chi connectivity index (χ4v) is 1.34. The molecule has 1 atom stereocenters. The van der Waals surface area contributed by atoms with Gasteiger partial charge in [0.2, 0.25) is 0 Å². The standard InChI is InChI=1S/C11H20N2O6/c1-19-7-3-6-12-11(18)13-8(10(16)17)4-2-5-9(14)15/h8H,2-7H2,1H3,(H,14,15)(H,16,17)(H2,12,13,18)/t8-/m1/s1. The second-order valence-electron chi connectivity index (χ2n) is 3.92. The Bertz CT molecular complexity index is 308. The zero-order chi connectivity index (χ0) is 14.7. The van der Waals surface area contributed by atoms with E-state index in [1.165, 1.54) is 0 Å². The van der Waals surface area contributed by atoms with Crippen LogP contribution in [0.2, 0.25) is 0 Å². The predicted octanol–water partition coefficient (Wildman–Crippen LogP) is 0.0302. The van der Waals surface area contributed by atoms with Crippen LogP contribution in [0.25, 0.3) is 0 Å². The molecule has 0 bridgehead atoms. The first kappa shape index (κ1) is 17.2. The highest BCUT2D eigenvalue weighted by Gasteiger charge is 2.19. The van der Waals surface area contributed by atoms with Gasteiger partial charge in [0.1, 0.15) is 6.04 Å². The molecule has 0 unspecified atom stereocenters. The first-order chi connectivity index (χ1) is 8.97. The number of rotatable bonds is 10. The van der Waals surface area contributed by atoms with E-state index in [0.717, 1.165) is 0 Å². The number of hydrogen-bond acceptors (Lipinski definition) is 4. The molecule has 0 fully saturated rings. The number of aliphatic carboxylic acids is 2. The Morgan fingerprint density at radius 2 is 1.89 bits per heavy atom. The molecule has 0 aromatic rings. The summed E-state index contributed by atoms with van der Waals surface area (Å²) in [7, 11) is 1.54. The van der Waals surface area contributed by atoms with E-state index in [2.05, 4.69) is 10.6 Å². The minimum Gasteiger partial charge on any atom is -0.481 e. The third-order valence-electron chi connectivity index (χ3n) is 2.30. The second kappa shape index (κ2) is 10.1. The number of hydrogen-bond donors (Lipinski definition) is 4. The number of urea groups is 1. The van der Waals surface area contributed by atoms with Crippen molar-refractivity contribution in [2.75, 3.05) is 20.3 Å². The highest BCUT2D eigenvalue weighted by atomic mass is 16.5. The summed E-state index contributed by atoms with van der Waals surface area (Å²) in [5.41, 5.74) is 0. The minimum absolute atomic E-state index is 0.0765. The molecule has 4 N–H and O–H groups in total. The molecule has 0 aromatic carbocycles. The zero-order valence-electron chi connectivity index (χ0n) is 10.8. The lowest BCUT2D eigenvalue weighted by atomic mass is 10.1. The zero-order valence-corrected chi connectivity index (χ0v) is 10.8. The van der Waals surface area contributed by atoms with Crippen LogP contribution in [0.15, 0.2) is 0 Å². The Kier molecular flexibility index (Phi) is 9.15. The number of amides is 2. The number of carboxylic acids is 2. The van der Waals surface area contributed by atoms with Crippen molar-refractivity contribution in [3.8, 4) is 0 Å². The van der Waals surface area contributed by atoms with Crippen molar-refractivity contribution in [2.45, 2.75) is 31.7 Å². The lowest BCUT2D eigenvalue weighted by Crippen LogP contribution is -2.46. The number of methoxy groups -OCH3 is 1. The van der Waals surface area contributed by atoms with Gasteiger partial charge in [-0.1, -0.05) is 0 Å². The van der Waals surface area contributed by atoms with E-state index in [9.17, 15) is 14.4 Å². The van der Waals surface area contributed by atoms with Crippen LogP contribution in [-0.2, 0) is 14.3 Å². The SMILES string of the molecule is COCCCNC(=O)N[C@H](CCCC(=O)O)C(=O)O. The summed E-state index contributed by atoms with van der Waals surface area (Å²) in [6.45, 7) is 0.877. The molecule has 0 aliphatic heterocycles. The maximum Gasteiger partial charge on any atom is 0.326 e. The van der Waals surface area contributed by atoms with Crippen LogP contribution in [0.1, 0.15) is 25.7 Å². The molecule has 0 spiro atoms. The maximum atomic E-state index is 11.4. The summed E-state index contributed by atoms with van der Waals surface area (Å²) in [6.07, 6.45) is 0.769. The van der Waals surface area contributed by atoms with Gasteiger partial charge < -0.3 is 25.6 Å². The number of ether oxygens (including phenoxy) is 1. The van der Waals surface area contributed by atoms with Crippen molar-refractivity contribution in [1.29, 1.82) is 0 Å². The molecule has 2 amide bonds. The third kappa shape index (κ3) is 9.83. The lowest BCUT2D eigenvalue weighted by molar-refractivity contribution is -0.140. The quantitative estimate of drug-likeness (QED) is 0.417. The number of carbonyl (C=O) groups excluding carboxylic acids is 1. The van der Waals surface area contributed by atoms with E-state index in [0.29, 0.717) is 19.6 Å². The van der Waals surface area contributed by atoms with Crippen LogP contribution in [0.3, 0.4) is 0 Å². The molecule has 0 aromatic heterocycles. The van der Waals surface area contributed by atoms with Crippen LogP contribution in [0, 0.1) is 0 Å². The minimum atomic E-state index is -1.18. The highest BCUT2D eigenvalue weighted by Crippen LogP contribution is 2.01. The van der Waals surface area contributed by atoms with E-state index >= 15 is 0 Å². The second-order valence-corrected chi connectivity index (χ2v) is 3.92. The number of carbonyl (C=O) groups is 3. The van der Waals surface area contributed by atoms with Crippen LogP contribution in [0.4, 0.5) is 4.79 Å². The average molecular weight is 276 g/mol. The molecular formula is C11H20N2O6. The summed E-state index contributed by atoms with van der Waals surface area (Å²) in [5, 5.41) is 22.1. The Labute approximate surface area is 111 Å². The van der Waals surface area contributed by atoms with Gasteiger partial charge in [-0.3, -0.25) is 4.79 Å². The summed E-state index contributed by atoms with van der Waals surface area (Å²) >= 11 is 0. The Balaban J connectivity index is 3.94. The van der Waals surface area contributed by atoms with E-state index in [1.54, 1.807) is 7.11 Å². The van der Waals surface area contributed by atoms with Crippen LogP contribution < -0.4 is 10.6 Å². The van der Waals surface area contributed by atoms with Crippen LogP contribution >= 0.6 is 0 Å². The van der Waals surface area contributed by atoms with Crippen molar-refractivity contribution in [2.24, 2.45) is 0 Å². The summed E-state index contributed by atoms with van der Waals surface area (Å²) in [4.78, 5) is 32.6. The van der Waals surface area contributed by atoms with Crippen molar-refractivity contribution in [1.82, 2.24) is 10.6 Å². The molecule has 8 heteroatoms. The maximum absolute atomic E-state index is 11.4. The van der Waals surface area contributed by atoms with E-state index < -0.39 is 24.0 Å². The Morgan fingerprint density at radius 1 is 1.21 bits per heavy atom. The topological polar surface area (TPSA) is 125 Å². The monoisotopic (exact) mass is 276 g/mol. The molecule has 0 aliphatic carbocycles. The van der Waals surface area contributed by atoms with Crippen LogP contribution in [-0.4, -0.2) is 54.5 Å². The average Bonchev–Trinajstić information content (AvgIpc) is 2.33. The summed E-state index contributed by atoms with van der Waals surface area (Å²) in [5.74, 6) is -2.18. The molecule has 0 heterocycles. The largest absolute Gasteiger partial charge is 0.481 e. The van der Waals surface area contributed by atoms with Gasteiger partial charge in [-0.2, -0.15) is 0 Å².